The van der Waals surface area contributed by atoms with E-state index in [0.717, 1.165) is 11.1 Å². The number of fused-ring (bicyclic) bond motifs is 1. The lowest BCUT2D eigenvalue weighted by atomic mass is 10.1. The van der Waals surface area contributed by atoms with E-state index in [1.807, 2.05) is 6.07 Å². The molecule has 4 N–H and O–H groups in total. The van der Waals surface area contributed by atoms with Gasteiger partial charge in [0.15, 0.2) is 0 Å². The van der Waals surface area contributed by atoms with E-state index in [2.05, 4.69) is 25.9 Å². The van der Waals surface area contributed by atoms with Gasteiger partial charge in [0.1, 0.15) is 5.69 Å². The second-order valence-electron chi connectivity index (χ2n) is 4.56. The summed E-state index contributed by atoms with van der Waals surface area (Å²) in [4.78, 5) is 30.7. The predicted molar refractivity (Wildman–Crippen MR) is 82.2 cm³/mol. The zero-order valence-electron chi connectivity index (χ0n) is 12.7. The van der Waals surface area contributed by atoms with E-state index in [4.69, 9.17) is 4.74 Å². The summed E-state index contributed by atoms with van der Waals surface area (Å²) >= 11 is 0. The first-order valence-electron chi connectivity index (χ1n) is 6.84. The van der Waals surface area contributed by atoms with Crippen LogP contribution in [0.4, 0.5) is 4.79 Å². The Hall–Kier alpha value is -2.77. The molecule has 0 unspecified atom stereocenters. The minimum absolute atomic E-state index is 0.230. The van der Waals surface area contributed by atoms with Crippen LogP contribution < -0.4 is 20.7 Å². The summed E-state index contributed by atoms with van der Waals surface area (Å²) in [7, 11) is 4.64. The predicted octanol–water partition coefficient (Wildman–Crippen LogP) is 0.403. The van der Waals surface area contributed by atoms with Crippen molar-refractivity contribution in [1.82, 2.24) is 25.9 Å². The van der Waals surface area contributed by atoms with Crippen LogP contribution in [0.2, 0.25) is 0 Å². The first kappa shape index (κ1) is 15.6. The highest BCUT2D eigenvalue weighted by molar-refractivity contribution is 6.00. The summed E-state index contributed by atoms with van der Waals surface area (Å²) in [6, 6.07) is 3.26. The summed E-state index contributed by atoms with van der Waals surface area (Å²) in [5.41, 5.74) is 2.59. The number of carbonyl (C=O) groups excluding carboxylic acids is 2. The molecule has 0 spiro atoms. The van der Waals surface area contributed by atoms with Gasteiger partial charge >= 0.3 is 6.03 Å². The van der Waals surface area contributed by atoms with Crippen LogP contribution in [0.25, 0.3) is 11.0 Å². The molecule has 0 fully saturated rings. The molecule has 0 atom stereocenters. The number of aromatic nitrogens is 2. The Morgan fingerprint density at radius 3 is 2.68 bits per heavy atom. The maximum atomic E-state index is 12.0. The number of carbonyl (C=O) groups is 2. The molecular formula is C14H19N5O3. The molecule has 0 bridgehead atoms. The van der Waals surface area contributed by atoms with Gasteiger partial charge in [-0.25, -0.2) is 9.78 Å². The quantitative estimate of drug-likeness (QED) is 0.641. The summed E-state index contributed by atoms with van der Waals surface area (Å²) in [6.45, 7) is 0.384. The van der Waals surface area contributed by atoms with Crippen molar-refractivity contribution in [1.29, 1.82) is 0 Å². The van der Waals surface area contributed by atoms with E-state index in [0.29, 0.717) is 30.1 Å². The lowest BCUT2D eigenvalue weighted by Gasteiger charge is -2.06. The largest absolute Gasteiger partial charge is 0.481 e. The van der Waals surface area contributed by atoms with Gasteiger partial charge in [-0.15, -0.1) is 0 Å². The molecule has 0 saturated carbocycles. The highest BCUT2D eigenvalue weighted by Gasteiger charge is 2.18. The molecular weight excluding hydrogens is 286 g/mol. The molecule has 8 nitrogen and oxygen atoms in total. The number of H-pyrrole nitrogens is 1. The van der Waals surface area contributed by atoms with Gasteiger partial charge in [-0.3, -0.25) is 4.79 Å². The van der Waals surface area contributed by atoms with Crippen molar-refractivity contribution in [2.24, 2.45) is 0 Å². The number of nitrogens with zero attached hydrogens (tertiary/aromatic N) is 1. The van der Waals surface area contributed by atoms with E-state index >= 15 is 0 Å². The molecule has 0 radical (unpaired) electrons. The molecule has 2 heterocycles. The fraction of sp³-hybridized carbons (Fsp3) is 0.357. The first-order chi connectivity index (χ1) is 10.6. The number of methoxy groups -OCH3 is 1. The maximum Gasteiger partial charge on any atom is 0.314 e. The van der Waals surface area contributed by atoms with Crippen molar-refractivity contribution in [2.45, 2.75) is 6.42 Å². The molecule has 2 aromatic heterocycles. The smallest absolute Gasteiger partial charge is 0.314 e. The van der Waals surface area contributed by atoms with Crippen molar-refractivity contribution >= 4 is 23.0 Å². The lowest BCUT2D eigenvalue weighted by Crippen LogP contribution is -2.34. The normalized spacial score (nSPS) is 10.3. The SMILES string of the molecule is CNC(=O)NCCc1c(C(=O)NC)[nH]c2ccc(OC)nc12. The fourth-order valence-electron chi connectivity index (χ4n) is 2.17. The van der Waals surface area contributed by atoms with E-state index in [1.54, 1.807) is 20.2 Å². The summed E-state index contributed by atoms with van der Waals surface area (Å²) in [5, 5.41) is 7.76. The van der Waals surface area contributed by atoms with E-state index < -0.39 is 0 Å². The molecule has 3 amide bonds. The molecule has 2 rings (SSSR count). The van der Waals surface area contributed by atoms with Crippen molar-refractivity contribution in [3.63, 3.8) is 0 Å². The van der Waals surface area contributed by atoms with Gasteiger partial charge in [-0.05, 0) is 12.5 Å². The van der Waals surface area contributed by atoms with Crippen LogP contribution in [0.15, 0.2) is 12.1 Å². The molecule has 0 aliphatic rings. The Morgan fingerprint density at radius 1 is 1.27 bits per heavy atom. The standard InChI is InChI=1S/C14H19N5O3/c1-15-13(20)12-8(6-7-17-14(21)16-2)11-9(18-12)4-5-10(19-11)22-3/h4-5,18H,6-7H2,1-3H3,(H,15,20)(H2,16,17,21). The zero-order valence-corrected chi connectivity index (χ0v) is 12.7. The number of urea groups is 1. The molecule has 8 heteroatoms. The maximum absolute atomic E-state index is 12.0. The van der Waals surface area contributed by atoms with Crippen LogP contribution in [-0.2, 0) is 6.42 Å². The van der Waals surface area contributed by atoms with Gasteiger partial charge in [-0.1, -0.05) is 0 Å². The molecule has 0 aliphatic heterocycles. The molecule has 0 aromatic carbocycles. The molecule has 0 saturated heterocycles. The fourth-order valence-corrected chi connectivity index (χ4v) is 2.17. The van der Waals surface area contributed by atoms with Crippen LogP contribution in [-0.4, -0.2) is 49.7 Å². The minimum atomic E-state index is -0.271. The van der Waals surface area contributed by atoms with Gasteiger partial charge < -0.3 is 25.7 Å². The van der Waals surface area contributed by atoms with Crippen LogP contribution in [0, 0.1) is 0 Å². The summed E-state index contributed by atoms with van der Waals surface area (Å²) in [5.74, 6) is 0.238. The Morgan fingerprint density at radius 2 is 2.05 bits per heavy atom. The van der Waals surface area contributed by atoms with Crippen molar-refractivity contribution < 1.29 is 14.3 Å². The van der Waals surface area contributed by atoms with Crippen molar-refractivity contribution in [3.05, 3.63) is 23.4 Å². The second-order valence-corrected chi connectivity index (χ2v) is 4.56. The average Bonchev–Trinajstić information content (AvgIpc) is 2.91. The third-order valence-electron chi connectivity index (χ3n) is 3.27. The Labute approximate surface area is 127 Å². The van der Waals surface area contributed by atoms with Crippen LogP contribution in [0.1, 0.15) is 16.1 Å². The zero-order chi connectivity index (χ0) is 16.1. The second kappa shape index (κ2) is 6.79. The van der Waals surface area contributed by atoms with Crippen LogP contribution in [0.3, 0.4) is 0 Å². The van der Waals surface area contributed by atoms with Crippen molar-refractivity contribution in [3.8, 4) is 5.88 Å². The number of rotatable bonds is 5. The number of amides is 3. The topological polar surface area (TPSA) is 108 Å². The Kier molecular flexibility index (Phi) is 4.82. The average molecular weight is 305 g/mol. The van der Waals surface area contributed by atoms with Gasteiger partial charge in [0.2, 0.25) is 5.88 Å². The molecule has 118 valence electrons. The summed E-state index contributed by atoms with van der Waals surface area (Å²) in [6.07, 6.45) is 0.469. The Balaban J connectivity index is 2.37. The highest BCUT2D eigenvalue weighted by atomic mass is 16.5. The van der Waals surface area contributed by atoms with E-state index in [-0.39, 0.29) is 11.9 Å². The minimum Gasteiger partial charge on any atom is -0.481 e. The van der Waals surface area contributed by atoms with Crippen LogP contribution in [0.5, 0.6) is 5.88 Å². The van der Waals surface area contributed by atoms with Gasteiger partial charge in [0.25, 0.3) is 5.91 Å². The van der Waals surface area contributed by atoms with Crippen molar-refractivity contribution in [2.75, 3.05) is 27.7 Å². The van der Waals surface area contributed by atoms with Gasteiger partial charge in [0, 0.05) is 32.3 Å². The third kappa shape index (κ3) is 3.11. The number of hydrogen-bond acceptors (Lipinski definition) is 4. The van der Waals surface area contributed by atoms with Gasteiger partial charge in [-0.2, -0.15) is 0 Å². The number of nitrogens with one attached hydrogen (secondary N) is 4. The molecule has 0 aliphatic carbocycles. The number of ether oxygens (including phenoxy) is 1. The Bertz CT molecular complexity index is 695. The lowest BCUT2D eigenvalue weighted by molar-refractivity contribution is 0.0958. The number of aromatic amines is 1. The number of hydrogen-bond donors (Lipinski definition) is 4. The molecule has 2 aromatic rings. The number of pyridine rings is 1. The monoisotopic (exact) mass is 305 g/mol. The highest BCUT2D eigenvalue weighted by Crippen LogP contribution is 2.23. The third-order valence-corrected chi connectivity index (χ3v) is 3.27. The van der Waals surface area contributed by atoms with E-state index in [1.165, 1.54) is 7.11 Å². The van der Waals surface area contributed by atoms with E-state index in [9.17, 15) is 9.59 Å². The first-order valence-corrected chi connectivity index (χ1v) is 6.84. The van der Waals surface area contributed by atoms with Gasteiger partial charge in [0.05, 0.1) is 18.1 Å². The molecule has 22 heavy (non-hydrogen) atoms. The summed E-state index contributed by atoms with van der Waals surface area (Å²) < 4.78 is 5.13. The van der Waals surface area contributed by atoms with Crippen LogP contribution >= 0.6 is 0 Å².